The molecule has 0 aliphatic carbocycles. The Kier molecular flexibility index (Phi) is 2.83. The van der Waals surface area contributed by atoms with Crippen LogP contribution in [-0.2, 0) is 11.9 Å². The van der Waals surface area contributed by atoms with Gasteiger partial charge in [-0.05, 0) is 6.07 Å². The summed E-state index contributed by atoms with van der Waals surface area (Å²) in [7, 11) is 0. The molecule has 0 N–H and O–H groups in total. The van der Waals surface area contributed by atoms with Crippen molar-refractivity contribution >= 4 is 15.9 Å². The van der Waals surface area contributed by atoms with E-state index in [1.54, 1.807) is 29.3 Å². The second-order valence-corrected chi connectivity index (χ2v) is 3.24. The summed E-state index contributed by atoms with van der Waals surface area (Å²) in [5.74, 6) is 0.736. The van der Waals surface area contributed by atoms with Crippen LogP contribution in [0.4, 0.5) is 0 Å². The fraction of sp³-hybridized carbons (Fsp3) is 0.250. The summed E-state index contributed by atoms with van der Waals surface area (Å²) in [4.78, 5) is 8.23. The molecule has 2 aromatic heterocycles. The molecule has 0 radical (unpaired) electrons. The lowest BCUT2D eigenvalue weighted by atomic mass is 10.5. The molecule has 2 rings (SSSR count). The van der Waals surface area contributed by atoms with Crippen molar-refractivity contribution in [3.8, 4) is 0 Å². The SMILES string of the molecule is BrCc1cnnn1Cc1ncccn1. The zero-order valence-corrected chi connectivity index (χ0v) is 8.92. The van der Waals surface area contributed by atoms with Gasteiger partial charge >= 0.3 is 0 Å². The molecule has 72 valence electrons. The fourth-order valence-electron chi connectivity index (χ4n) is 1.06. The minimum atomic E-state index is 0.557. The topological polar surface area (TPSA) is 56.5 Å². The molecule has 14 heavy (non-hydrogen) atoms. The maximum absolute atomic E-state index is 4.11. The third-order valence-electron chi connectivity index (χ3n) is 1.75. The van der Waals surface area contributed by atoms with E-state index in [9.17, 15) is 0 Å². The lowest BCUT2D eigenvalue weighted by Crippen LogP contribution is -2.08. The molecule has 0 spiro atoms. The van der Waals surface area contributed by atoms with Gasteiger partial charge in [-0.1, -0.05) is 21.1 Å². The van der Waals surface area contributed by atoms with Crippen LogP contribution in [-0.4, -0.2) is 25.0 Å². The summed E-state index contributed by atoms with van der Waals surface area (Å²) in [6, 6.07) is 1.79. The molecule has 0 saturated carbocycles. The van der Waals surface area contributed by atoms with E-state index in [2.05, 4.69) is 36.2 Å². The largest absolute Gasteiger partial charge is 0.241 e. The zero-order valence-electron chi connectivity index (χ0n) is 7.34. The summed E-state index contributed by atoms with van der Waals surface area (Å²) in [6.45, 7) is 0.557. The highest BCUT2D eigenvalue weighted by Crippen LogP contribution is 2.03. The van der Waals surface area contributed by atoms with Crippen molar-refractivity contribution in [1.82, 2.24) is 25.0 Å². The Labute approximate surface area is 89.3 Å². The smallest absolute Gasteiger partial charge is 0.149 e. The van der Waals surface area contributed by atoms with E-state index in [0.29, 0.717) is 6.54 Å². The van der Waals surface area contributed by atoms with Gasteiger partial charge in [-0.2, -0.15) is 0 Å². The second kappa shape index (κ2) is 4.28. The Hall–Kier alpha value is -1.30. The molecular formula is C8H8BrN5. The lowest BCUT2D eigenvalue weighted by molar-refractivity contribution is 0.608. The molecule has 0 fully saturated rings. The summed E-state index contributed by atoms with van der Waals surface area (Å²) >= 11 is 3.36. The van der Waals surface area contributed by atoms with Gasteiger partial charge in [0.25, 0.3) is 0 Å². The molecule has 0 aromatic carbocycles. The molecule has 0 aliphatic rings. The van der Waals surface area contributed by atoms with E-state index in [0.717, 1.165) is 16.8 Å². The van der Waals surface area contributed by atoms with E-state index < -0.39 is 0 Å². The first-order valence-electron chi connectivity index (χ1n) is 4.09. The number of aromatic nitrogens is 5. The monoisotopic (exact) mass is 253 g/mol. The van der Waals surface area contributed by atoms with Crippen molar-refractivity contribution in [3.63, 3.8) is 0 Å². The number of halogens is 1. The standard InChI is InChI=1S/C8H8BrN5/c9-4-7-5-12-13-14(7)6-8-10-2-1-3-11-8/h1-3,5H,4,6H2. The third kappa shape index (κ3) is 1.95. The van der Waals surface area contributed by atoms with Crippen molar-refractivity contribution < 1.29 is 0 Å². The molecular weight excluding hydrogens is 246 g/mol. The van der Waals surface area contributed by atoms with Gasteiger partial charge in [0.15, 0.2) is 0 Å². The predicted molar refractivity (Wildman–Crippen MR) is 53.8 cm³/mol. The van der Waals surface area contributed by atoms with Crippen molar-refractivity contribution in [3.05, 3.63) is 36.2 Å². The van der Waals surface area contributed by atoms with E-state index in [4.69, 9.17) is 0 Å². The van der Waals surface area contributed by atoms with Gasteiger partial charge in [0.1, 0.15) is 12.4 Å². The minimum Gasteiger partial charge on any atom is -0.241 e. The molecule has 2 heterocycles. The summed E-state index contributed by atoms with van der Waals surface area (Å²) in [6.07, 6.45) is 5.15. The van der Waals surface area contributed by atoms with Gasteiger partial charge in [-0.15, -0.1) is 5.10 Å². The summed E-state index contributed by atoms with van der Waals surface area (Å²) in [5.41, 5.74) is 1.01. The number of alkyl halides is 1. The number of nitrogens with zero attached hydrogens (tertiary/aromatic N) is 5. The Morgan fingerprint density at radius 3 is 2.79 bits per heavy atom. The molecule has 0 aliphatic heterocycles. The van der Waals surface area contributed by atoms with E-state index in [1.165, 1.54) is 0 Å². The Morgan fingerprint density at radius 2 is 2.07 bits per heavy atom. The zero-order chi connectivity index (χ0) is 9.80. The fourth-order valence-corrected chi connectivity index (χ4v) is 1.50. The van der Waals surface area contributed by atoms with Crippen LogP contribution in [0.25, 0.3) is 0 Å². The molecule has 0 saturated heterocycles. The average molecular weight is 254 g/mol. The number of rotatable bonds is 3. The van der Waals surface area contributed by atoms with Gasteiger partial charge in [-0.25, -0.2) is 14.6 Å². The van der Waals surface area contributed by atoms with Crippen LogP contribution in [0.15, 0.2) is 24.7 Å². The summed E-state index contributed by atoms with van der Waals surface area (Å²) in [5, 5.41) is 8.48. The third-order valence-corrected chi connectivity index (χ3v) is 2.32. The Bertz CT molecular complexity index is 399. The van der Waals surface area contributed by atoms with E-state index >= 15 is 0 Å². The molecule has 6 heteroatoms. The average Bonchev–Trinajstić information content (AvgIpc) is 2.67. The predicted octanol–water partition coefficient (Wildman–Crippen LogP) is 1.01. The molecule has 0 unspecified atom stereocenters. The van der Waals surface area contributed by atoms with E-state index in [1.807, 2.05) is 0 Å². The van der Waals surface area contributed by atoms with Crippen LogP contribution < -0.4 is 0 Å². The second-order valence-electron chi connectivity index (χ2n) is 2.68. The van der Waals surface area contributed by atoms with Gasteiger partial charge in [0.05, 0.1) is 11.9 Å². The molecule has 0 bridgehead atoms. The van der Waals surface area contributed by atoms with Crippen LogP contribution in [0.1, 0.15) is 11.5 Å². The van der Waals surface area contributed by atoms with Crippen LogP contribution >= 0.6 is 15.9 Å². The van der Waals surface area contributed by atoms with Crippen LogP contribution in [0, 0.1) is 0 Å². The Morgan fingerprint density at radius 1 is 1.29 bits per heavy atom. The van der Waals surface area contributed by atoms with Gasteiger partial charge in [-0.3, -0.25) is 0 Å². The maximum atomic E-state index is 4.11. The number of hydrogen-bond donors (Lipinski definition) is 0. The summed E-state index contributed by atoms with van der Waals surface area (Å²) < 4.78 is 1.77. The molecule has 2 aromatic rings. The molecule has 5 nitrogen and oxygen atoms in total. The lowest BCUT2D eigenvalue weighted by Gasteiger charge is -2.01. The normalized spacial score (nSPS) is 10.4. The van der Waals surface area contributed by atoms with Crippen LogP contribution in [0.2, 0.25) is 0 Å². The van der Waals surface area contributed by atoms with Gasteiger partial charge in [0.2, 0.25) is 0 Å². The van der Waals surface area contributed by atoms with Crippen molar-refractivity contribution in [2.45, 2.75) is 11.9 Å². The first-order valence-corrected chi connectivity index (χ1v) is 5.21. The quantitative estimate of drug-likeness (QED) is 0.767. The Balaban J connectivity index is 2.19. The minimum absolute atomic E-state index is 0.557. The van der Waals surface area contributed by atoms with Crippen LogP contribution in [0.5, 0.6) is 0 Å². The molecule has 0 amide bonds. The molecule has 0 atom stereocenters. The highest BCUT2D eigenvalue weighted by atomic mass is 79.9. The van der Waals surface area contributed by atoms with Crippen molar-refractivity contribution in [2.24, 2.45) is 0 Å². The van der Waals surface area contributed by atoms with Crippen molar-refractivity contribution in [2.75, 3.05) is 0 Å². The highest BCUT2D eigenvalue weighted by Gasteiger charge is 2.03. The van der Waals surface area contributed by atoms with Crippen molar-refractivity contribution in [1.29, 1.82) is 0 Å². The van der Waals surface area contributed by atoms with Crippen LogP contribution in [0.3, 0.4) is 0 Å². The highest BCUT2D eigenvalue weighted by molar-refractivity contribution is 9.08. The first kappa shape index (κ1) is 9.26. The van der Waals surface area contributed by atoms with Gasteiger partial charge in [0, 0.05) is 17.7 Å². The first-order chi connectivity index (χ1) is 6.90. The van der Waals surface area contributed by atoms with E-state index in [-0.39, 0.29) is 0 Å². The number of hydrogen-bond acceptors (Lipinski definition) is 4. The maximum Gasteiger partial charge on any atom is 0.149 e. The van der Waals surface area contributed by atoms with Gasteiger partial charge < -0.3 is 0 Å².